The van der Waals surface area contributed by atoms with Gasteiger partial charge in [0, 0.05) is 23.9 Å². The molecule has 4 nitrogen and oxygen atoms in total. The van der Waals surface area contributed by atoms with Gasteiger partial charge in [-0.1, -0.05) is 5.92 Å². The maximum atomic E-state index is 11.8. The van der Waals surface area contributed by atoms with E-state index in [1.54, 1.807) is 0 Å². The number of terminal acetylenes is 1. The summed E-state index contributed by atoms with van der Waals surface area (Å²) in [6.07, 6.45) is 7.85. The summed E-state index contributed by atoms with van der Waals surface area (Å²) in [5.74, 6) is 2.27. The first-order valence-corrected chi connectivity index (χ1v) is 6.22. The van der Waals surface area contributed by atoms with Gasteiger partial charge >= 0.3 is 0 Å². The lowest BCUT2D eigenvalue weighted by Crippen LogP contribution is -2.27. The van der Waals surface area contributed by atoms with Crippen LogP contribution in [0.15, 0.2) is 27.8 Å². The minimum absolute atomic E-state index is 0.0366. The van der Waals surface area contributed by atoms with Crippen LogP contribution in [0.1, 0.15) is 0 Å². The van der Waals surface area contributed by atoms with Crippen LogP contribution in [0, 0.1) is 12.3 Å². The van der Waals surface area contributed by atoms with Gasteiger partial charge in [-0.2, -0.15) is 4.31 Å². The molecule has 1 aromatic rings. The van der Waals surface area contributed by atoms with Crippen LogP contribution < -0.4 is 0 Å². The Kier molecular flexibility index (Phi) is 3.85. The number of sulfonamides is 1. The highest BCUT2D eigenvalue weighted by atomic mass is 79.9. The third kappa shape index (κ3) is 2.78. The zero-order valence-corrected chi connectivity index (χ0v) is 10.4. The van der Waals surface area contributed by atoms with Crippen LogP contribution >= 0.6 is 15.9 Å². The fraction of sp³-hybridized carbons (Fsp3) is 0.222. The SMILES string of the molecule is C#CCN(C)S(=O)(=O)c1cncc(Br)c1. The minimum atomic E-state index is -3.53. The summed E-state index contributed by atoms with van der Waals surface area (Å²) < 4.78 is 25.4. The lowest BCUT2D eigenvalue weighted by molar-refractivity contribution is 0.502. The Hall–Kier alpha value is -0.900. The zero-order valence-electron chi connectivity index (χ0n) is 8.01. The molecule has 0 aliphatic heterocycles. The van der Waals surface area contributed by atoms with E-state index in [1.165, 1.54) is 25.5 Å². The molecule has 15 heavy (non-hydrogen) atoms. The monoisotopic (exact) mass is 288 g/mol. The summed E-state index contributed by atoms with van der Waals surface area (Å²) in [6.45, 7) is 0.0366. The second-order valence-electron chi connectivity index (χ2n) is 2.80. The highest BCUT2D eigenvalue weighted by Gasteiger charge is 2.20. The molecule has 1 heterocycles. The molecule has 1 aromatic heterocycles. The van der Waals surface area contributed by atoms with E-state index in [-0.39, 0.29) is 11.4 Å². The molecule has 0 atom stereocenters. The molecule has 0 saturated carbocycles. The van der Waals surface area contributed by atoms with E-state index in [1.807, 2.05) is 0 Å². The van der Waals surface area contributed by atoms with E-state index >= 15 is 0 Å². The number of hydrogen-bond acceptors (Lipinski definition) is 3. The van der Waals surface area contributed by atoms with E-state index in [0.717, 1.165) is 4.31 Å². The minimum Gasteiger partial charge on any atom is -0.262 e. The second kappa shape index (κ2) is 4.75. The molecule has 0 aromatic carbocycles. The third-order valence-electron chi connectivity index (χ3n) is 1.70. The molecule has 0 unspecified atom stereocenters. The maximum absolute atomic E-state index is 11.8. The normalized spacial score (nSPS) is 11.3. The maximum Gasteiger partial charge on any atom is 0.245 e. The van der Waals surface area contributed by atoms with Crippen molar-refractivity contribution in [2.75, 3.05) is 13.6 Å². The van der Waals surface area contributed by atoms with Gasteiger partial charge < -0.3 is 0 Å². The quantitative estimate of drug-likeness (QED) is 0.783. The van der Waals surface area contributed by atoms with Gasteiger partial charge in [0.15, 0.2) is 0 Å². The van der Waals surface area contributed by atoms with Crippen LogP contribution in [0.5, 0.6) is 0 Å². The Balaban J connectivity index is 3.13. The summed E-state index contributed by atoms with van der Waals surface area (Å²) in [6, 6.07) is 1.48. The molecule has 80 valence electrons. The standard InChI is InChI=1S/C9H9BrN2O2S/c1-3-4-12(2)15(13,14)9-5-8(10)6-11-7-9/h1,5-7H,4H2,2H3. The van der Waals surface area contributed by atoms with E-state index in [2.05, 4.69) is 26.8 Å². The summed E-state index contributed by atoms with van der Waals surface area (Å²) >= 11 is 3.16. The smallest absolute Gasteiger partial charge is 0.245 e. The van der Waals surface area contributed by atoms with Crippen molar-refractivity contribution in [2.24, 2.45) is 0 Å². The third-order valence-corrected chi connectivity index (χ3v) is 3.90. The summed E-state index contributed by atoms with van der Waals surface area (Å²) in [4.78, 5) is 3.91. The molecule has 0 aliphatic carbocycles. The van der Waals surface area contributed by atoms with Gasteiger partial charge in [-0.25, -0.2) is 8.42 Å². The Labute approximate surface area is 97.5 Å². The number of pyridine rings is 1. The van der Waals surface area contributed by atoms with E-state index in [4.69, 9.17) is 6.42 Å². The number of rotatable bonds is 3. The lowest BCUT2D eigenvalue weighted by atomic mass is 10.5. The number of nitrogens with zero attached hydrogens (tertiary/aromatic N) is 2. The molecule has 0 spiro atoms. The van der Waals surface area contributed by atoms with Crippen molar-refractivity contribution in [3.63, 3.8) is 0 Å². The molecular formula is C9H9BrN2O2S. The van der Waals surface area contributed by atoms with Crippen molar-refractivity contribution in [2.45, 2.75) is 4.90 Å². The Morgan fingerprint density at radius 3 is 2.80 bits per heavy atom. The molecule has 0 amide bonds. The Morgan fingerprint density at radius 1 is 1.60 bits per heavy atom. The van der Waals surface area contributed by atoms with Crippen LogP contribution in [-0.2, 0) is 10.0 Å². The zero-order chi connectivity index (χ0) is 11.5. The predicted molar refractivity (Wildman–Crippen MR) is 60.6 cm³/mol. The van der Waals surface area contributed by atoms with Gasteiger partial charge in [-0.3, -0.25) is 4.98 Å². The van der Waals surface area contributed by atoms with Crippen molar-refractivity contribution in [1.82, 2.24) is 9.29 Å². The summed E-state index contributed by atoms with van der Waals surface area (Å²) in [5.41, 5.74) is 0. The first kappa shape index (κ1) is 12.2. The number of hydrogen-bond donors (Lipinski definition) is 0. The van der Waals surface area contributed by atoms with Crippen LogP contribution in [0.25, 0.3) is 0 Å². The van der Waals surface area contributed by atoms with Gasteiger partial charge in [0.05, 0.1) is 6.54 Å². The highest BCUT2D eigenvalue weighted by molar-refractivity contribution is 9.10. The summed E-state index contributed by atoms with van der Waals surface area (Å²) in [5, 5.41) is 0. The molecule has 1 rings (SSSR count). The molecular weight excluding hydrogens is 280 g/mol. The molecule has 0 aliphatic rings. The van der Waals surface area contributed by atoms with Gasteiger partial charge in [0.25, 0.3) is 0 Å². The van der Waals surface area contributed by atoms with Crippen LogP contribution in [0.3, 0.4) is 0 Å². The molecule has 6 heteroatoms. The summed E-state index contributed by atoms with van der Waals surface area (Å²) in [7, 11) is -2.10. The van der Waals surface area contributed by atoms with Gasteiger partial charge in [0.2, 0.25) is 10.0 Å². The van der Waals surface area contributed by atoms with Crippen molar-refractivity contribution in [3.05, 3.63) is 22.9 Å². The topological polar surface area (TPSA) is 50.3 Å². The fourth-order valence-corrected chi connectivity index (χ4v) is 2.52. The molecule has 0 radical (unpaired) electrons. The average Bonchev–Trinajstić information content (AvgIpc) is 2.18. The van der Waals surface area contributed by atoms with E-state index < -0.39 is 10.0 Å². The van der Waals surface area contributed by atoms with E-state index in [0.29, 0.717) is 4.47 Å². The highest BCUT2D eigenvalue weighted by Crippen LogP contribution is 2.17. The molecule has 0 N–H and O–H groups in total. The Morgan fingerprint density at radius 2 is 2.27 bits per heavy atom. The fourth-order valence-electron chi connectivity index (χ4n) is 0.927. The predicted octanol–water partition coefficient (Wildman–Crippen LogP) is 1.10. The van der Waals surface area contributed by atoms with Crippen molar-refractivity contribution in [3.8, 4) is 12.3 Å². The van der Waals surface area contributed by atoms with Crippen molar-refractivity contribution >= 4 is 26.0 Å². The van der Waals surface area contributed by atoms with Gasteiger partial charge in [-0.15, -0.1) is 6.42 Å². The molecule has 0 saturated heterocycles. The largest absolute Gasteiger partial charge is 0.262 e. The van der Waals surface area contributed by atoms with Gasteiger partial charge in [-0.05, 0) is 22.0 Å². The van der Waals surface area contributed by atoms with Crippen molar-refractivity contribution in [1.29, 1.82) is 0 Å². The van der Waals surface area contributed by atoms with Gasteiger partial charge in [0.1, 0.15) is 4.90 Å². The lowest BCUT2D eigenvalue weighted by Gasteiger charge is -2.13. The van der Waals surface area contributed by atoms with Crippen LogP contribution in [-0.4, -0.2) is 31.3 Å². The van der Waals surface area contributed by atoms with Crippen LogP contribution in [0.2, 0.25) is 0 Å². The van der Waals surface area contributed by atoms with Crippen LogP contribution in [0.4, 0.5) is 0 Å². The van der Waals surface area contributed by atoms with E-state index in [9.17, 15) is 8.42 Å². The Bertz CT molecular complexity index is 493. The van der Waals surface area contributed by atoms with Crippen molar-refractivity contribution < 1.29 is 8.42 Å². The second-order valence-corrected chi connectivity index (χ2v) is 5.76. The molecule has 0 fully saturated rings. The number of aromatic nitrogens is 1. The molecule has 0 bridgehead atoms. The first-order chi connectivity index (χ1) is 6.98. The first-order valence-electron chi connectivity index (χ1n) is 3.99. The number of halogens is 1. The average molecular weight is 289 g/mol.